The third kappa shape index (κ3) is 4.43. The first kappa shape index (κ1) is 22.1. The lowest BCUT2D eigenvalue weighted by molar-refractivity contribution is -0.137. The second-order valence-corrected chi connectivity index (χ2v) is 8.14. The van der Waals surface area contributed by atoms with Crippen molar-refractivity contribution in [2.45, 2.75) is 24.6 Å². The number of nitrogens with zero attached hydrogens (tertiary/aromatic N) is 2. The second kappa shape index (κ2) is 8.82. The van der Waals surface area contributed by atoms with E-state index < -0.39 is 23.2 Å². The van der Waals surface area contributed by atoms with Gasteiger partial charge in [-0.2, -0.15) is 13.2 Å². The Balaban J connectivity index is 1.30. The van der Waals surface area contributed by atoms with E-state index in [4.69, 9.17) is 0 Å². The summed E-state index contributed by atoms with van der Waals surface area (Å²) in [7, 11) is 0. The first-order chi connectivity index (χ1) is 15.3. The molecule has 2 amide bonds. The van der Waals surface area contributed by atoms with Gasteiger partial charge in [-0.1, -0.05) is 24.3 Å². The number of carbonyl (C=O) groups excluding carboxylic acids is 2. The highest BCUT2D eigenvalue weighted by Crippen LogP contribution is 2.36. The van der Waals surface area contributed by atoms with Gasteiger partial charge in [0.2, 0.25) is 5.91 Å². The van der Waals surface area contributed by atoms with E-state index in [0.29, 0.717) is 45.7 Å². The number of hydrogen-bond acceptors (Lipinski definition) is 4. The third-order valence-corrected chi connectivity index (χ3v) is 6.25. The highest BCUT2D eigenvalue weighted by Gasteiger charge is 2.50. The Morgan fingerprint density at radius 2 is 1.78 bits per heavy atom. The first-order valence-electron chi connectivity index (χ1n) is 10.6. The number of benzene rings is 2. The van der Waals surface area contributed by atoms with Crippen molar-refractivity contribution in [1.29, 1.82) is 0 Å². The number of nitrogens with one attached hydrogen (secondary N) is 2. The summed E-state index contributed by atoms with van der Waals surface area (Å²) in [4.78, 5) is 29.2. The molecular weight excluding hydrogens is 421 g/mol. The number of rotatable bonds is 5. The van der Waals surface area contributed by atoms with E-state index in [0.717, 1.165) is 17.8 Å². The monoisotopic (exact) mass is 446 g/mol. The molecule has 0 bridgehead atoms. The summed E-state index contributed by atoms with van der Waals surface area (Å²) in [5.41, 5.74) is -0.422. The van der Waals surface area contributed by atoms with Crippen LogP contribution in [0.5, 0.6) is 0 Å². The molecule has 6 nitrogen and oxygen atoms in total. The molecular formula is C23H25F3N4O2. The third-order valence-electron chi connectivity index (χ3n) is 6.25. The molecule has 0 aromatic heterocycles. The standard InChI is InChI=1S/C23H25F3N4O2/c24-23(25,26)18-6-4-5-17(15-18)20(31)27-11-14-29-12-9-22(10-13-29)21(32)28-16-30(22)19-7-2-1-3-8-19/h1-8,15H,9-14,16H2,(H,27,31)(H,28,32). The second-order valence-electron chi connectivity index (χ2n) is 8.14. The Morgan fingerprint density at radius 1 is 1.06 bits per heavy atom. The number of amides is 2. The van der Waals surface area contributed by atoms with Crippen molar-refractivity contribution in [2.75, 3.05) is 37.7 Å². The molecule has 0 aliphatic carbocycles. The van der Waals surface area contributed by atoms with Crippen molar-refractivity contribution < 1.29 is 22.8 Å². The molecule has 0 atom stereocenters. The first-order valence-corrected chi connectivity index (χ1v) is 10.6. The molecule has 0 saturated carbocycles. The molecule has 32 heavy (non-hydrogen) atoms. The van der Waals surface area contributed by atoms with E-state index in [9.17, 15) is 22.8 Å². The van der Waals surface area contributed by atoms with Gasteiger partial charge < -0.3 is 20.4 Å². The normalized spacial score (nSPS) is 18.6. The van der Waals surface area contributed by atoms with Crippen LogP contribution in [0.25, 0.3) is 0 Å². The maximum atomic E-state index is 12.8. The quantitative estimate of drug-likeness (QED) is 0.742. The molecule has 0 unspecified atom stereocenters. The molecule has 2 fully saturated rings. The van der Waals surface area contributed by atoms with E-state index in [1.807, 2.05) is 30.3 Å². The Hall–Kier alpha value is -3.07. The van der Waals surface area contributed by atoms with Gasteiger partial charge >= 0.3 is 6.18 Å². The minimum absolute atomic E-state index is 0.0152. The van der Waals surface area contributed by atoms with Gasteiger partial charge in [0.05, 0.1) is 12.2 Å². The average Bonchev–Trinajstić information content (AvgIpc) is 3.10. The molecule has 2 saturated heterocycles. The number of alkyl halides is 3. The summed E-state index contributed by atoms with van der Waals surface area (Å²) in [6, 6.07) is 14.2. The molecule has 1 spiro atoms. The van der Waals surface area contributed by atoms with Crippen LogP contribution in [0.1, 0.15) is 28.8 Å². The number of anilines is 1. The van der Waals surface area contributed by atoms with E-state index in [2.05, 4.69) is 20.4 Å². The zero-order chi connectivity index (χ0) is 22.8. The molecule has 2 aromatic rings. The molecule has 2 heterocycles. The van der Waals surface area contributed by atoms with E-state index in [1.165, 1.54) is 12.1 Å². The Morgan fingerprint density at radius 3 is 2.47 bits per heavy atom. The number of para-hydroxylation sites is 1. The highest BCUT2D eigenvalue weighted by molar-refractivity contribution is 5.94. The van der Waals surface area contributed by atoms with Crippen LogP contribution in [-0.2, 0) is 11.0 Å². The number of piperidine rings is 1. The van der Waals surface area contributed by atoms with Crippen molar-refractivity contribution in [3.63, 3.8) is 0 Å². The van der Waals surface area contributed by atoms with Gasteiger partial charge in [-0.15, -0.1) is 0 Å². The summed E-state index contributed by atoms with van der Waals surface area (Å²) < 4.78 is 38.5. The van der Waals surface area contributed by atoms with Gasteiger partial charge in [0.15, 0.2) is 0 Å². The summed E-state index contributed by atoms with van der Waals surface area (Å²) >= 11 is 0. The van der Waals surface area contributed by atoms with Gasteiger partial charge in [-0.25, -0.2) is 0 Å². The number of likely N-dealkylation sites (tertiary alicyclic amines) is 1. The largest absolute Gasteiger partial charge is 0.416 e. The van der Waals surface area contributed by atoms with Crippen molar-refractivity contribution >= 4 is 17.5 Å². The van der Waals surface area contributed by atoms with Gasteiger partial charge in [0.1, 0.15) is 5.54 Å². The van der Waals surface area contributed by atoms with E-state index in [-0.39, 0.29) is 11.5 Å². The smallest absolute Gasteiger partial charge is 0.351 e. The predicted octanol–water partition coefficient (Wildman–Crippen LogP) is 2.86. The molecule has 170 valence electrons. The number of halogens is 3. The van der Waals surface area contributed by atoms with Crippen LogP contribution >= 0.6 is 0 Å². The zero-order valence-electron chi connectivity index (χ0n) is 17.5. The van der Waals surface area contributed by atoms with Crippen LogP contribution in [0.15, 0.2) is 54.6 Å². The van der Waals surface area contributed by atoms with Crippen LogP contribution in [0.4, 0.5) is 18.9 Å². The van der Waals surface area contributed by atoms with Crippen molar-refractivity contribution in [3.8, 4) is 0 Å². The van der Waals surface area contributed by atoms with Crippen molar-refractivity contribution in [1.82, 2.24) is 15.5 Å². The summed E-state index contributed by atoms with van der Waals surface area (Å²) in [5.74, 6) is -0.492. The molecule has 2 aromatic carbocycles. The lowest BCUT2D eigenvalue weighted by Crippen LogP contribution is -2.57. The van der Waals surface area contributed by atoms with Gasteiger partial charge in [-0.3, -0.25) is 9.59 Å². The van der Waals surface area contributed by atoms with E-state index >= 15 is 0 Å². The number of hydrogen-bond donors (Lipinski definition) is 2. The average molecular weight is 446 g/mol. The Kier molecular flexibility index (Phi) is 6.10. The zero-order valence-corrected chi connectivity index (χ0v) is 17.5. The van der Waals surface area contributed by atoms with Crippen LogP contribution in [0.2, 0.25) is 0 Å². The minimum atomic E-state index is -4.49. The molecule has 4 rings (SSSR count). The fourth-order valence-corrected chi connectivity index (χ4v) is 4.45. The Labute approximate surface area is 184 Å². The van der Waals surface area contributed by atoms with Gasteiger partial charge in [-0.05, 0) is 43.2 Å². The summed E-state index contributed by atoms with van der Waals surface area (Å²) in [5, 5.41) is 5.66. The predicted molar refractivity (Wildman–Crippen MR) is 114 cm³/mol. The molecule has 2 aliphatic heterocycles. The topological polar surface area (TPSA) is 64.7 Å². The van der Waals surface area contributed by atoms with Crippen LogP contribution in [0.3, 0.4) is 0 Å². The van der Waals surface area contributed by atoms with Crippen molar-refractivity contribution in [2.24, 2.45) is 0 Å². The minimum Gasteiger partial charge on any atom is -0.351 e. The van der Waals surface area contributed by atoms with Crippen molar-refractivity contribution in [3.05, 3.63) is 65.7 Å². The molecule has 2 N–H and O–H groups in total. The molecule has 2 aliphatic rings. The summed E-state index contributed by atoms with van der Waals surface area (Å²) in [6.07, 6.45) is -3.16. The number of carbonyl (C=O) groups is 2. The SMILES string of the molecule is O=C(NCCN1CCC2(CC1)C(=O)NCN2c1ccccc1)c1cccc(C(F)(F)F)c1. The summed E-state index contributed by atoms with van der Waals surface area (Å²) in [6.45, 7) is 2.74. The lowest BCUT2D eigenvalue weighted by Gasteiger charge is -2.43. The fourth-order valence-electron chi connectivity index (χ4n) is 4.45. The van der Waals surface area contributed by atoms with E-state index in [1.54, 1.807) is 0 Å². The molecule has 0 radical (unpaired) electrons. The van der Waals surface area contributed by atoms with Crippen LogP contribution in [0, 0.1) is 0 Å². The Bertz CT molecular complexity index is 973. The highest BCUT2D eigenvalue weighted by atomic mass is 19.4. The lowest BCUT2D eigenvalue weighted by atomic mass is 9.85. The fraction of sp³-hybridized carbons (Fsp3) is 0.391. The maximum Gasteiger partial charge on any atom is 0.416 e. The molecule has 9 heteroatoms. The van der Waals surface area contributed by atoms with Gasteiger partial charge in [0.25, 0.3) is 5.91 Å². The van der Waals surface area contributed by atoms with Gasteiger partial charge in [0, 0.05) is 37.4 Å². The maximum absolute atomic E-state index is 12.8. The van der Waals surface area contributed by atoms with Crippen LogP contribution in [-0.4, -0.2) is 55.1 Å². The van der Waals surface area contributed by atoms with Crippen LogP contribution < -0.4 is 15.5 Å².